The van der Waals surface area contributed by atoms with Crippen LogP contribution in [0, 0.1) is 11.8 Å². The Morgan fingerprint density at radius 1 is 1.29 bits per heavy atom. The molecule has 114 valence electrons. The zero-order valence-corrected chi connectivity index (χ0v) is 12.4. The summed E-state index contributed by atoms with van der Waals surface area (Å²) in [6.45, 7) is 1.73. The fourth-order valence-electron chi connectivity index (χ4n) is 3.78. The van der Waals surface area contributed by atoms with Crippen LogP contribution in [0.4, 0.5) is 0 Å². The lowest BCUT2D eigenvalue weighted by Gasteiger charge is -2.18. The molecule has 2 fully saturated rings. The number of carbonyl (C=O) groups is 1. The first-order valence-corrected chi connectivity index (χ1v) is 8.07. The lowest BCUT2D eigenvalue weighted by molar-refractivity contribution is -0.130. The molecule has 1 saturated heterocycles. The molecule has 3 rings (SSSR count). The zero-order valence-electron chi connectivity index (χ0n) is 12.4. The predicted octanol–water partition coefficient (Wildman–Crippen LogP) is 2.02. The second-order valence-corrected chi connectivity index (χ2v) is 6.51. The van der Waals surface area contributed by atoms with Crippen LogP contribution in [0.1, 0.15) is 37.7 Å². The number of aliphatic hydroxyl groups is 1. The normalized spacial score (nSPS) is 27.9. The Hall–Kier alpha value is -1.42. The number of carbonyl (C=O) groups excluding carboxylic acids is 1. The Labute approximate surface area is 126 Å². The molecule has 1 aromatic rings. The Bertz CT molecular complexity index is 463. The van der Waals surface area contributed by atoms with Crippen LogP contribution in [0.3, 0.4) is 0 Å². The van der Waals surface area contributed by atoms with Crippen molar-refractivity contribution in [1.29, 1.82) is 0 Å². The summed E-state index contributed by atoms with van der Waals surface area (Å²) in [6.07, 6.45) is 8.96. The van der Waals surface area contributed by atoms with Gasteiger partial charge in [-0.25, -0.2) is 0 Å². The molecule has 3 atom stereocenters. The molecule has 1 aromatic heterocycles. The van der Waals surface area contributed by atoms with Crippen LogP contribution in [-0.4, -0.2) is 40.1 Å². The Morgan fingerprint density at radius 3 is 2.71 bits per heavy atom. The van der Waals surface area contributed by atoms with E-state index in [0.29, 0.717) is 24.2 Å². The molecule has 2 heterocycles. The van der Waals surface area contributed by atoms with Crippen molar-refractivity contribution in [3.8, 4) is 0 Å². The van der Waals surface area contributed by atoms with E-state index in [-0.39, 0.29) is 6.10 Å². The summed E-state index contributed by atoms with van der Waals surface area (Å²) in [4.78, 5) is 18.3. The highest BCUT2D eigenvalue weighted by atomic mass is 16.3. The lowest BCUT2D eigenvalue weighted by Crippen LogP contribution is -2.30. The van der Waals surface area contributed by atoms with Gasteiger partial charge in [0.2, 0.25) is 5.91 Å². The van der Waals surface area contributed by atoms with E-state index in [4.69, 9.17) is 0 Å². The van der Waals surface area contributed by atoms with Gasteiger partial charge in [-0.2, -0.15) is 0 Å². The standard InChI is InChI=1S/C17H24N2O2/c20-16-8-14-11-19(12-15(14)9-16)17(21)6-2-1-4-13-5-3-7-18-10-13/h3,5,7,10,14-16,20H,1-2,4,6,8-9,11-12H2/t14-,15+,16?. The van der Waals surface area contributed by atoms with Gasteiger partial charge in [-0.3, -0.25) is 9.78 Å². The quantitative estimate of drug-likeness (QED) is 0.843. The molecule has 21 heavy (non-hydrogen) atoms. The molecule has 0 aromatic carbocycles. The molecule has 0 spiro atoms. The highest BCUT2D eigenvalue weighted by Gasteiger charge is 2.41. The number of fused-ring (bicyclic) bond motifs is 1. The van der Waals surface area contributed by atoms with Crippen LogP contribution in [0.2, 0.25) is 0 Å². The number of pyridine rings is 1. The van der Waals surface area contributed by atoms with Crippen LogP contribution in [0.5, 0.6) is 0 Å². The highest BCUT2D eigenvalue weighted by Crippen LogP contribution is 2.38. The van der Waals surface area contributed by atoms with Crippen molar-refractivity contribution in [2.24, 2.45) is 11.8 Å². The minimum absolute atomic E-state index is 0.128. The first kappa shape index (κ1) is 14.5. The van der Waals surface area contributed by atoms with Gasteiger partial charge in [0, 0.05) is 31.9 Å². The van der Waals surface area contributed by atoms with E-state index in [9.17, 15) is 9.90 Å². The third-order valence-electron chi connectivity index (χ3n) is 4.91. The summed E-state index contributed by atoms with van der Waals surface area (Å²) in [5.41, 5.74) is 1.25. The molecule has 2 aliphatic rings. The van der Waals surface area contributed by atoms with Gasteiger partial charge in [0.15, 0.2) is 0 Å². The van der Waals surface area contributed by atoms with Gasteiger partial charge in [-0.1, -0.05) is 6.07 Å². The monoisotopic (exact) mass is 288 g/mol. The molecule has 1 N–H and O–H groups in total. The lowest BCUT2D eigenvalue weighted by atomic mass is 10.0. The minimum Gasteiger partial charge on any atom is -0.393 e. The average molecular weight is 288 g/mol. The first-order valence-electron chi connectivity index (χ1n) is 8.07. The topological polar surface area (TPSA) is 53.4 Å². The number of unbranched alkanes of at least 4 members (excludes halogenated alkanes) is 1. The first-order chi connectivity index (χ1) is 10.2. The van der Waals surface area contributed by atoms with E-state index in [1.807, 2.05) is 17.2 Å². The van der Waals surface area contributed by atoms with Crippen molar-refractivity contribution < 1.29 is 9.90 Å². The molecule has 4 nitrogen and oxygen atoms in total. The predicted molar refractivity (Wildman–Crippen MR) is 80.6 cm³/mol. The second-order valence-electron chi connectivity index (χ2n) is 6.51. The fraction of sp³-hybridized carbons (Fsp3) is 0.647. The number of aryl methyl sites for hydroxylation is 1. The van der Waals surface area contributed by atoms with E-state index >= 15 is 0 Å². The fourth-order valence-corrected chi connectivity index (χ4v) is 3.78. The molecule has 1 aliphatic carbocycles. The van der Waals surface area contributed by atoms with Crippen molar-refractivity contribution in [1.82, 2.24) is 9.88 Å². The largest absolute Gasteiger partial charge is 0.393 e. The van der Waals surface area contributed by atoms with Gasteiger partial charge in [0.25, 0.3) is 0 Å². The molecule has 1 saturated carbocycles. The summed E-state index contributed by atoms with van der Waals surface area (Å²) in [5, 5.41) is 9.63. The third-order valence-corrected chi connectivity index (χ3v) is 4.91. The molecule has 1 aliphatic heterocycles. The smallest absolute Gasteiger partial charge is 0.222 e. The van der Waals surface area contributed by atoms with Gasteiger partial charge in [-0.05, 0) is 55.6 Å². The number of rotatable bonds is 5. The van der Waals surface area contributed by atoms with Gasteiger partial charge >= 0.3 is 0 Å². The van der Waals surface area contributed by atoms with Crippen LogP contribution in [0.25, 0.3) is 0 Å². The van der Waals surface area contributed by atoms with Crippen LogP contribution in [0.15, 0.2) is 24.5 Å². The maximum absolute atomic E-state index is 12.2. The van der Waals surface area contributed by atoms with Crippen LogP contribution in [-0.2, 0) is 11.2 Å². The van der Waals surface area contributed by atoms with Crippen molar-refractivity contribution in [2.75, 3.05) is 13.1 Å². The number of hydrogen-bond donors (Lipinski definition) is 1. The number of likely N-dealkylation sites (tertiary alicyclic amines) is 1. The maximum atomic E-state index is 12.2. The number of hydrogen-bond acceptors (Lipinski definition) is 3. The highest BCUT2D eigenvalue weighted by molar-refractivity contribution is 5.76. The summed E-state index contributed by atoms with van der Waals surface area (Å²) >= 11 is 0. The van der Waals surface area contributed by atoms with Crippen molar-refractivity contribution >= 4 is 5.91 Å². The molecular formula is C17H24N2O2. The molecule has 0 radical (unpaired) electrons. The van der Waals surface area contributed by atoms with Crippen LogP contribution >= 0.6 is 0 Å². The number of aliphatic hydroxyl groups excluding tert-OH is 1. The zero-order chi connectivity index (χ0) is 14.7. The van der Waals surface area contributed by atoms with Crippen molar-refractivity contribution in [2.45, 2.75) is 44.6 Å². The van der Waals surface area contributed by atoms with Gasteiger partial charge in [-0.15, -0.1) is 0 Å². The summed E-state index contributed by atoms with van der Waals surface area (Å²) in [6, 6.07) is 4.04. The van der Waals surface area contributed by atoms with E-state index in [1.165, 1.54) is 5.56 Å². The maximum Gasteiger partial charge on any atom is 0.222 e. The molecule has 1 amide bonds. The summed E-state index contributed by atoms with van der Waals surface area (Å²) < 4.78 is 0. The SMILES string of the molecule is O=C(CCCCc1cccnc1)N1C[C@H]2CC(O)C[C@H]2C1. The van der Waals surface area contributed by atoms with E-state index in [0.717, 1.165) is 45.2 Å². The second kappa shape index (κ2) is 6.56. The summed E-state index contributed by atoms with van der Waals surface area (Å²) in [7, 11) is 0. The number of nitrogens with zero attached hydrogens (tertiary/aromatic N) is 2. The van der Waals surface area contributed by atoms with Crippen molar-refractivity contribution in [3.05, 3.63) is 30.1 Å². The Balaban J connectivity index is 1.36. The van der Waals surface area contributed by atoms with E-state index in [1.54, 1.807) is 6.20 Å². The van der Waals surface area contributed by atoms with Crippen LogP contribution < -0.4 is 0 Å². The third kappa shape index (κ3) is 3.62. The van der Waals surface area contributed by atoms with Crippen molar-refractivity contribution in [3.63, 3.8) is 0 Å². The summed E-state index contributed by atoms with van der Waals surface area (Å²) in [5.74, 6) is 1.38. The molecule has 4 heteroatoms. The molecule has 0 bridgehead atoms. The Kier molecular flexibility index (Phi) is 4.54. The van der Waals surface area contributed by atoms with Gasteiger partial charge in [0.05, 0.1) is 6.10 Å². The average Bonchev–Trinajstić information content (AvgIpc) is 3.02. The minimum atomic E-state index is -0.128. The van der Waals surface area contributed by atoms with E-state index in [2.05, 4.69) is 11.1 Å². The molecule has 1 unspecified atom stereocenters. The molecular weight excluding hydrogens is 264 g/mol. The van der Waals surface area contributed by atoms with Gasteiger partial charge in [0.1, 0.15) is 0 Å². The Morgan fingerprint density at radius 2 is 2.05 bits per heavy atom. The number of amides is 1. The van der Waals surface area contributed by atoms with Gasteiger partial charge < -0.3 is 10.0 Å². The number of aromatic nitrogens is 1. The van der Waals surface area contributed by atoms with E-state index < -0.39 is 0 Å².